The Bertz CT molecular complexity index is 737. The van der Waals surface area contributed by atoms with Gasteiger partial charge in [-0.15, -0.1) is 0 Å². The first kappa shape index (κ1) is 20.8. The highest BCUT2D eigenvalue weighted by atomic mass is 35.5. The molecule has 2 aliphatic rings. The summed E-state index contributed by atoms with van der Waals surface area (Å²) >= 11 is 5.82. The van der Waals surface area contributed by atoms with Crippen LogP contribution in [0.15, 0.2) is 18.3 Å². The van der Waals surface area contributed by atoms with Crippen molar-refractivity contribution in [3.05, 3.63) is 23.4 Å². The summed E-state index contributed by atoms with van der Waals surface area (Å²) in [5, 5.41) is 20.9. The molecule has 1 aromatic rings. The van der Waals surface area contributed by atoms with Crippen LogP contribution >= 0.6 is 11.6 Å². The van der Waals surface area contributed by atoms with Crippen LogP contribution in [0.5, 0.6) is 0 Å². The summed E-state index contributed by atoms with van der Waals surface area (Å²) in [5.74, 6) is -4.77. The Morgan fingerprint density at radius 1 is 1.36 bits per heavy atom. The van der Waals surface area contributed by atoms with Gasteiger partial charge in [0, 0.05) is 36.8 Å². The number of aliphatic hydroxyl groups is 1. The molecule has 0 aromatic carbocycles. The van der Waals surface area contributed by atoms with Crippen molar-refractivity contribution in [1.82, 2.24) is 10.3 Å². The van der Waals surface area contributed by atoms with Crippen LogP contribution in [0.4, 0.5) is 19.0 Å². The molecule has 0 spiro atoms. The molecule has 2 fully saturated rings. The van der Waals surface area contributed by atoms with Gasteiger partial charge in [0.2, 0.25) is 0 Å². The van der Waals surface area contributed by atoms with E-state index in [1.165, 1.54) is 6.20 Å². The fourth-order valence-electron chi connectivity index (χ4n) is 3.94. The number of hydrogen-bond donors (Lipinski definition) is 4. The van der Waals surface area contributed by atoms with Crippen LogP contribution in [-0.4, -0.2) is 53.2 Å². The molecule has 3 heterocycles. The molecule has 5 N–H and O–H groups in total. The summed E-state index contributed by atoms with van der Waals surface area (Å²) in [6.07, 6.45) is -6.08. The molecule has 1 amide bonds. The van der Waals surface area contributed by atoms with Crippen molar-refractivity contribution in [2.24, 2.45) is 23.5 Å². The van der Waals surface area contributed by atoms with Crippen LogP contribution in [0, 0.1) is 23.2 Å². The number of piperidine rings is 2. The Labute approximate surface area is 164 Å². The van der Waals surface area contributed by atoms with E-state index < -0.39 is 42.1 Å². The number of nitrogens with two attached hydrogens (primary N) is 1. The van der Waals surface area contributed by atoms with Gasteiger partial charge in [-0.05, 0) is 25.0 Å². The predicted molar refractivity (Wildman–Crippen MR) is 97.1 cm³/mol. The summed E-state index contributed by atoms with van der Waals surface area (Å²) < 4.78 is 40.5. The zero-order valence-corrected chi connectivity index (χ0v) is 15.5. The predicted octanol–water partition coefficient (Wildman–Crippen LogP) is 1.54. The number of halogens is 4. The van der Waals surface area contributed by atoms with Crippen LogP contribution in [0.3, 0.4) is 0 Å². The van der Waals surface area contributed by atoms with Crippen LogP contribution in [0.2, 0.25) is 5.02 Å². The average Bonchev–Trinajstić information content (AvgIpc) is 2.64. The molecule has 4 atom stereocenters. The van der Waals surface area contributed by atoms with Gasteiger partial charge in [-0.1, -0.05) is 11.6 Å². The van der Waals surface area contributed by atoms with Gasteiger partial charge >= 0.3 is 6.18 Å². The number of carbonyl (C=O) groups is 1. The summed E-state index contributed by atoms with van der Waals surface area (Å²) in [7, 11) is 0. The fourth-order valence-corrected chi connectivity index (χ4v) is 4.05. The van der Waals surface area contributed by atoms with Crippen molar-refractivity contribution in [2.75, 3.05) is 18.0 Å². The molecule has 0 saturated carbocycles. The first-order chi connectivity index (χ1) is 13.1. The van der Waals surface area contributed by atoms with Crippen molar-refractivity contribution in [2.45, 2.75) is 31.3 Å². The number of amides is 1. The van der Waals surface area contributed by atoms with Gasteiger partial charge in [-0.25, -0.2) is 4.98 Å². The second-order valence-corrected chi connectivity index (χ2v) is 7.56. The third-order valence-electron chi connectivity index (χ3n) is 5.40. The Morgan fingerprint density at radius 2 is 2.00 bits per heavy atom. The molecule has 0 bridgehead atoms. The quantitative estimate of drug-likeness (QED) is 0.555. The van der Waals surface area contributed by atoms with Gasteiger partial charge in [0.25, 0.3) is 5.91 Å². The van der Waals surface area contributed by atoms with Crippen molar-refractivity contribution in [3.63, 3.8) is 0 Å². The van der Waals surface area contributed by atoms with Crippen molar-refractivity contribution in [3.8, 4) is 0 Å². The largest absolute Gasteiger partial charge is 0.395 e. The van der Waals surface area contributed by atoms with E-state index in [2.05, 4.69) is 10.3 Å². The highest BCUT2D eigenvalue weighted by molar-refractivity contribution is 6.30. The van der Waals surface area contributed by atoms with Crippen molar-refractivity contribution >= 4 is 29.0 Å². The number of carbonyl (C=O) groups excluding carboxylic acids is 1. The van der Waals surface area contributed by atoms with Crippen LogP contribution < -0.4 is 16.0 Å². The van der Waals surface area contributed by atoms with Crippen LogP contribution in [-0.2, 0) is 4.79 Å². The van der Waals surface area contributed by atoms with E-state index in [0.29, 0.717) is 36.8 Å². The summed E-state index contributed by atoms with van der Waals surface area (Å²) in [5.41, 5.74) is 5.56. The Hall–Kier alpha value is -1.91. The number of hydrogen-bond acceptors (Lipinski definition) is 6. The molecular formula is C17H21ClF3N5O2. The SMILES string of the molecule is N=C(C1CCN(c2ccc(Cl)cn2)CC1)C1C(N)NC(=O)[C@H](O)[C@@H]1C(F)(F)F. The van der Waals surface area contributed by atoms with Gasteiger partial charge in [0.15, 0.2) is 0 Å². The standard InChI is InChI=1S/C17H21ClF3N5O2/c18-9-1-2-10(24-7-9)26-5-3-8(4-6-26)13(22)11-12(17(19,20)21)14(27)16(28)25-15(11)23/h1-2,7-8,11-12,14-15,22,27H,3-6,23H2,(H,25,28)/t11?,12-,14-,15?/m1/s1. The lowest BCUT2D eigenvalue weighted by molar-refractivity contribution is -0.218. The Balaban J connectivity index is 1.72. The number of rotatable bonds is 3. The minimum atomic E-state index is -4.85. The number of nitrogens with one attached hydrogen (secondary N) is 2. The molecule has 11 heteroatoms. The normalized spacial score (nSPS) is 29.5. The van der Waals surface area contributed by atoms with Crippen LogP contribution in [0.25, 0.3) is 0 Å². The number of nitrogens with zero attached hydrogens (tertiary/aromatic N) is 2. The summed E-state index contributed by atoms with van der Waals surface area (Å²) in [6.45, 7) is 1.02. The zero-order chi connectivity index (χ0) is 20.6. The second-order valence-electron chi connectivity index (χ2n) is 7.12. The van der Waals surface area contributed by atoms with E-state index >= 15 is 0 Å². The monoisotopic (exact) mass is 419 g/mol. The van der Waals surface area contributed by atoms with E-state index in [-0.39, 0.29) is 5.71 Å². The topological polar surface area (TPSA) is 115 Å². The maximum atomic E-state index is 13.5. The molecule has 2 unspecified atom stereocenters. The molecule has 28 heavy (non-hydrogen) atoms. The maximum absolute atomic E-state index is 13.5. The minimum absolute atomic E-state index is 0.183. The van der Waals surface area contributed by atoms with Crippen molar-refractivity contribution < 1.29 is 23.1 Å². The molecule has 154 valence electrons. The van der Waals surface area contributed by atoms with E-state index in [1.807, 2.05) is 4.90 Å². The highest BCUT2D eigenvalue weighted by Gasteiger charge is 2.57. The van der Waals surface area contributed by atoms with E-state index in [1.54, 1.807) is 12.1 Å². The minimum Gasteiger partial charge on any atom is -0.383 e. The molecule has 1 aromatic heterocycles. The number of alkyl halides is 3. The number of aromatic nitrogens is 1. The second kappa shape index (κ2) is 7.84. The molecule has 2 aliphatic heterocycles. The lowest BCUT2D eigenvalue weighted by atomic mass is 9.73. The van der Waals surface area contributed by atoms with E-state index in [0.717, 1.165) is 0 Å². The van der Waals surface area contributed by atoms with Gasteiger partial charge in [0.1, 0.15) is 17.8 Å². The maximum Gasteiger partial charge on any atom is 0.395 e. The highest BCUT2D eigenvalue weighted by Crippen LogP contribution is 2.40. The lowest BCUT2D eigenvalue weighted by Gasteiger charge is -2.43. The van der Waals surface area contributed by atoms with Gasteiger partial charge < -0.3 is 26.5 Å². The Kier molecular flexibility index (Phi) is 5.83. The Morgan fingerprint density at radius 3 is 2.54 bits per heavy atom. The first-order valence-corrected chi connectivity index (χ1v) is 9.23. The molecule has 7 nitrogen and oxygen atoms in total. The van der Waals surface area contributed by atoms with Gasteiger partial charge in [0.05, 0.1) is 11.2 Å². The number of aliphatic hydroxyl groups excluding tert-OH is 1. The molecule has 0 aliphatic carbocycles. The summed E-state index contributed by atoms with van der Waals surface area (Å²) in [6, 6.07) is 3.47. The smallest absolute Gasteiger partial charge is 0.383 e. The molecular weight excluding hydrogens is 399 g/mol. The van der Waals surface area contributed by atoms with E-state index in [4.69, 9.17) is 22.7 Å². The first-order valence-electron chi connectivity index (χ1n) is 8.85. The molecule has 0 radical (unpaired) electrons. The average molecular weight is 420 g/mol. The molecule has 2 saturated heterocycles. The molecule has 3 rings (SSSR count). The van der Waals surface area contributed by atoms with Crippen molar-refractivity contribution in [1.29, 1.82) is 5.41 Å². The fraction of sp³-hybridized carbons (Fsp3) is 0.588. The van der Waals surface area contributed by atoms with E-state index in [9.17, 15) is 23.1 Å². The summed E-state index contributed by atoms with van der Waals surface area (Å²) in [4.78, 5) is 17.8. The number of pyridine rings is 1. The third kappa shape index (κ3) is 4.08. The zero-order valence-electron chi connectivity index (χ0n) is 14.8. The van der Waals surface area contributed by atoms with Crippen LogP contribution in [0.1, 0.15) is 12.8 Å². The van der Waals surface area contributed by atoms with Gasteiger partial charge in [-0.3, -0.25) is 4.79 Å². The lowest BCUT2D eigenvalue weighted by Crippen LogP contribution is -2.66. The third-order valence-corrected chi connectivity index (χ3v) is 5.62. The van der Waals surface area contributed by atoms with Gasteiger partial charge in [-0.2, -0.15) is 13.2 Å². The number of anilines is 1.